The topological polar surface area (TPSA) is 53.7 Å². The molecule has 4 nitrogen and oxygen atoms in total. The average Bonchev–Trinajstić information content (AvgIpc) is 2.90. The van der Waals surface area contributed by atoms with Crippen LogP contribution in [-0.2, 0) is 4.79 Å². The number of amides is 1. The molecule has 0 bridgehead atoms. The van der Waals surface area contributed by atoms with Crippen LogP contribution in [0, 0.1) is 11.8 Å². The predicted octanol–water partition coefficient (Wildman–Crippen LogP) is 2.26. The van der Waals surface area contributed by atoms with Crippen molar-refractivity contribution in [3.63, 3.8) is 0 Å². The molecule has 2 heterocycles. The van der Waals surface area contributed by atoms with Crippen molar-refractivity contribution in [3.8, 4) is 0 Å². The third kappa shape index (κ3) is 2.80. The number of nitrogens with zero attached hydrogens (tertiary/aromatic N) is 1. The number of aliphatic hydroxyl groups is 1. The van der Waals surface area contributed by atoms with Crippen molar-refractivity contribution >= 4 is 12.0 Å². The zero-order valence-electron chi connectivity index (χ0n) is 11.8. The van der Waals surface area contributed by atoms with Gasteiger partial charge in [0.05, 0.1) is 0 Å². The molecule has 1 aromatic heterocycles. The SMILES string of the molecule is CC1CC1c1ccc(C=CC(=O)N2CCC(CO)C2)o1. The van der Waals surface area contributed by atoms with E-state index >= 15 is 0 Å². The first-order chi connectivity index (χ1) is 9.67. The Morgan fingerprint density at radius 1 is 1.55 bits per heavy atom. The Balaban J connectivity index is 1.57. The molecule has 1 aromatic rings. The Morgan fingerprint density at radius 3 is 3.00 bits per heavy atom. The number of furan rings is 1. The highest BCUT2D eigenvalue weighted by atomic mass is 16.3. The number of hydrogen-bond acceptors (Lipinski definition) is 3. The molecule has 1 saturated heterocycles. The van der Waals surface area contributed by atoms with Crippen LogP contribution in [-0.4, -0.2) is 35.6 Å². The molecule has 1 saturated carbocycles. The highest BCUT2D eigenvalue weighted by Crippen LogP contribution is 2.47. The number of carbonyl (C=O) groups is 1. The molecule has 0 radical (unpaired) electrons. The van der Waals surface area contributed by atoms with Crippen molar-refractivity contribution in [1.29, 1.82) is 0 Å². The fourth-order valence-corrected chi connectivity index (χ4v) is 2.82. The minimum Gasteiger partial charge on any atom is -0.461 e. The lowest BCUT2D eigenvalue weighted by Crippen LogP contribution is -2.27. The molecule has 3 rings (SSSR count). The maximum atomic E-state index is 12.0. The third-order valence-electron chi connectivity index (χ3n) is 4.37. The van der Waals surface area contributed by atoms with Crippen LogP contribution < -0.4 is 0 Å². The van der Waals surface area contributed by atoms with E-state index < -0.39 is 0 Å². The molecule has 1 N–H and O–H groups in total. The first-order valence-electron chi connectivity index (χ1n) is 7.35. The van der Waals surface area contributed by atoms with Crippen LogP contribution in [0.2, 0.25) is 0 Å². The Kier molecular flexibility index (Phi) is 3.66. The van der Waals surface area contributed by atoms with Gasteiger partial charge < -0.3 is 14.4 Å². The molecule has 1 aliphatic heterocycles. The van der Waals surface area contributed by atoms with E-state index in [9.17, 15) is 4.79 Å². The Hall–Kier alpha value is -1.55. The molecule has 0 spiro atoms. The lowest BCUT2D eigenvalue weighted by Gasteiger charge is -2.13. The minimum atomic E-state index is -0.00121. The molecule has 1 aliphatic carbocycles. The molecule has 1 amide bonds. The summed E-state index contributed by atoms with van der Waals surface area (Å²) in [5.41, 5.74) is 0. The van der Waals surface area contributed by atoms with E-state index in [0.717, 1.165) is 30.4 Å². The lowest BCUT2D eigenvalue weighted by molar-refractivity contribution is -0.125. The first-order valence-corrected chi connectivity index (χ1v) is 7.35. The number of carbonyl (C=O) groups excluding carboxylic acids is 1. The highest BCUT2D eigenvalue weighted by molar-refractivity contribution is 5.91. The number of aliphatic hydroxyl groups excluding tert-OH is 1. The molecule has 3 unspecified atom stereocenters. The predicted molar refractivity (Wildman–Crippen MR) is 76.0 cm³/mol. The normalized spacial score (nSPS) is 29.3. The summed E-state index contributed by atoms with van der Waals surface area (Å²) in [6, 6.07) is 3.93. The first kappa shape index (κ1) is 13.4. The van der Waals surface area contributed by atoms with Gasteiger partial charge in [-0.25, -0.2) is 0 Å². The molecule has 2 aliphatic rings. The van der Waals surface area contributed by atoms with E-state index in [4.69, 9.17) is 9.52 Å². The monoisotopic (exact) mass is 275 g/mol. The summed E-state index contributed by atoms with van der Waals surface area (Å²) in [5.74, 6) is 3.30. The van der Waals surface area contributed by atoms with E-state index in [2.05, 4.69) is 6.92 Å². The molecular weight excluding hydrogens is 254 g/mol. The summed E-state index contributed by atoms with van der Waals surface area (Å²) >= 11 is 0. The number of hydrogen-bond donors (Lipinski definition) is 1. The third-order valence-corrected chi connectivity index (χ3v) is 4.37. The Morgan fingerprint density at radius 2 is 2.35 bits per heavy atom. The van der Waals surface area contributed by atoms with E-state index in [0.29, 0.717) is 12.5 Å². The fraction of sp³-hybridized carbons (Fsp3) is 0.562. The Bertz CT molecular complexity index is 520. The molecule has 4 heteroatoms. The van der Waals surface area contributed by atoms with Gasteiger partial charge in [-0.05, 0) is 37.0 Å². The van der Waals surface area contributed by atoms with Crippen molar-refractivity contribution in [2.75, 3.05) is 19.7 Å². The van der Waals surface area contributed by atoms with E-state index in [1.54, 1.807) is 17.1 Å². The van der Waals surface area contributed by atoms with Crippen LogP contribution >= 0.6 is 0 Å². The minimum absolute atomic E-state index is 0.00121. The largest absolute Gasteiger partial charge is 0.461 e. The van der Waals surface area contributed by atoms with Gasteiger partial charge in [-0.15, -0.1) is 0 Å². The van der Waals surface area contributed by atoms with Crippen molar-refractivity contribution in [2.45, 2.75) is 25.7 Å². The van der Waals surface area contributed by atoms with Crippen molar-refractivity contribution < 1.29 is 14.3 Å². The van der Waals surface area contributed by atoms with Gasteiger partial charge in [0.2, 0.25) is 5.91 Å². The Labute approximate surface area is 119 Å². The van der Waals surface area contributed by atoms with Gasteiger partial charge >= 0.3 is 0 Å². The van der Waals surface area contributed by atoms with Crippen LogP contribution in [0.3, 0.4) is 0 Å². The summed E-state index contributed by atoms with van der Waals surface area (Å²) in [6.45, 7) is 3.77. The second kappa shape index (κ2) is 5.44. The van der Waals surface area contributed by atoms with E-state index in [1.807, 2.05) is 12.1 Å². The highest BCUT2D eigenvalue weighted by Gasteiger charge is 2.36. The zero-order valence-corrected chi connectivity index (χ0v) is 11.8. The van der Waals surface area contributed by atoms with Crippen LogP contribution in [0.25, 0.3) is 6.08 Å². The number of rotatable bonds is 4. The zero-order chi connectivity index (χ0) is 14.1. The van der Waals surface area contributed by atoms with E-state index in [-0.39, 0.29) is 18.4 Å². The molecule has 0 aromatic carbocycles. The maximum Gasteiger partial charge on any atom is 0.246 e. The molecular formula is C16H21NO3. The summed E-state index contributed by atoms with van der Waals surface area (Å²) < 4.78 is 5.74. The van der Waals surface area contributed by atoms with Crippen LogP contribution in [0.4, 0.5) is 0 Å². The summed E-state index contributed by atoms with van der Waals surface area (Å²) in [5, 5.41) is 9.08. The van der Waals surface area contributed by atoms with Gasteiger partial charge in [-0.3, -0.25) is 4.79 Å². The average molecular weight is 275 g/mol. The summed E-state index contributed by atoms with van der Waals surface area (Å²) in [7, 11) is 0. The standard InChI is InChI=1S/C16H21NO3/c1-11-8-14(11)15-4-2-13(20-15)3-5-16(19)17-7-6-12(9-17)10-18/h2-5,11-12,14,18H,6-10H2,1H3. The van der Waals surface area contributed by atoms with Gasteiger partial charge in [-0.2, -0.15) is 0 Å². The maximum absolute atomic E-state index is 12.0. The van der Waals surface area contributed by atoms with Gasteiger partial charge in [-0.1, -0.05) is 6.92 Å². The van der Waals surface area contributed by atoms with Crippen LogP contribution in [0.1, 0.15) is 37.2 Å². The van der Waals surface area contributed by atoms with Gasteiger partial charge in [0, 0.05) is 37.6 Å². The molecule has 108 valence electrons. The quantitative estimate of drug-likeness (QED) is 0.858. The molecule has 20 heavy (non-hydrogen) atoms. The van der Waals surface area contributed by atoms with Crippen molar-refractivity contribution in [2.24, 2.45) is 11.8 Å². The van der Waals surface area contributed by atoms with Crippen LogP contribution in [0.15, 0.2) is 22.6 Å². The van der Waals surface area contributed by atoms with Gasteiger partial charge in [0.15, 0.2) is 0 Å². The summed E-state index contributed by atoms with van der Waals surface area (Å²) in [4.78, 5) is 13.8. The van der Waals surface area contributed by atoms with Crippen molar-refractivity contribution in [1.82, 2.24) is 4.90 Å². The van der Waals surface area contributed by atoms with Gasteiger partial charge in [0.1, 0.15) is 11.5 Å². The molecule has 2 fully saturated rings. The second-order valence-electron chi connectivity index (χ2n) is 6.01. The smallest absolute Gasteiger partial charge is 0.246 e. The number of likely N-dealkylation sites (tertiary alicyclic amines) is 1. The van der Waals surface area contributed by atoms with Gasteiger partial charge in [0.25, 0.3) is 0 Å². The lowest BCUT2D eigenvalue weighted by atomic mass is 10.1. The summed E-state index contributed by atoms with van der Waals surface area (Å²) in [6.07, 6.45) is 5.40. The second-order valence-corrected chi connectivity index (χ2v) is 6.01. The van der Waals surface area contributed by atoms with Crippen molar-refractivity contribution in [3.05, 3.63) is 29.7 Å². The van der Waals surface area contributed by atoms with Crippen LogP contribution in [0.5, 0.6) is 0 Å². The molecule has 3 atom stereocenters. The fourth-order valence-electron chi connectivity index (χ4n) is 2.82. The van der Waals surface area contributed by atoms with E-state index in [1.165, 1.54) is 6.42 Å².